The van der Waals surface area contributed by atoms with Crippen LogP contribution in [0, 0.1) is 52.5 Å². The molecule has 8 atom stereocenters. The molecule has 13 heteroatoms. The highest BCUT2D eigenvalue weighted by atomic mass is 32.2. The third kappa shape index (κ3) is 4.53. The van der Waals surface area contributed by atoms with E-state index in [1.54, 1.807) is 19.9 Å². The summed E-state index contributed by atoms with van der Waals surface area (Å²) in [4.78, 5) is 68.7. The number of aryl methyl sites for hydroxylation is 1. The Morgan fingerprint density at radius 2 is 1.84 bits per heavy atom. The Morgan fingerprint density at radius 1 is 1.13 bits per heavy atom. The molecule has 234 valence electrons. The number of non-ortho nitro benzene ring substituents is 1. The molecular weight excluding hydrogens is 618 g/mol. The molecule has 0 radical (unpaired) electrons. The van der Waals surface area contributed by atoms with Gasteiger partial charge in [0, 0.05) is 33.7 Å². The van der Waals surface area contributed by atoms with E-state index >= 15 is 0 Å². The lowest BCUT2D eigenvalue weighted by atomic mass is 9.68. The van der Waals surface area contributed by atoms with Crippen LogP contribution in [0.1, 0.15) is 47.8 Å². The molecule has 7 rings (SSSR count). The predicted octanol–water partition coefficient (Wildman–Crippen LogP) is 4.81. The molecule has 7 unspecified atom stereocenters. The number of likely N-dealkylation sites (tertiary alicyclic amines) is 1. The van der Waals surface area contributed by atoms with E-state index < -0.39 is 52.4 Å². The summed E-state index contributed by atoms with van der Waals surface area (Å²) in [5, 5.41) is 22.4. The van der Waals surface area contributed by atoms with Crippen LogP contribution in [-0.4, -0.2) is 49.0 Å². The number of H-pyrrole nitrogens is 1. The number of ether oxygens (including phenoxy) is 1. The van der Waals surface area contributed by atoms with Gasteiger partial charge in [-0.05, 0) is 54.2 Å². The molecule has 2 N–H and O–H groups in total. The first-order valence-electron chi connectivity index (χ1n) is 14.9. The standard InChI is InChI=1S/C32H31N3O8S2/c1-13(2)25(31(38)39)34-29(36)23-18-11-19(24(23)30(34)37)26-22(18)21(27-28(44-26)33-32(40)45-27)17-10-16(35(41)42)8-9-20(17)43-12-15-7-5-4-6-14(15)3/h4-10,13,18-19,21-26H,11-12H2,1-3H3,(H,33,40)(H,38,39)/t18?,19?,21-,22?,23?,24?,25?,26?/m1/s1. The number of benzene rings is 2. The molecule has 1 saturated heterocycles. The molecule has 3 fully saturated rings. The van der Waals surface area contributed by atoms with Crippen molar-refractivity contribution in [2.75, 3.05) is 0 Å². The van der Waals surface area contributed by atoms with E-state index in [9.17, 15) is 34.4 Å². The van der Waals surface area contributed by atoms with Crippen LogP contribution in [-0.2, 0) is 21.0 Å². The summed E-state index contributed by atoms with van der Waals surface area (Å²) >= 11 is 2.55. The predicted molar refractivity (Wildman–Crippen MR) is 165 cm³/mol. The van der Waals surface area contributed by atoms with Crippen molar-refractivity contribution in [3.63, 3.8) is 0 Å². The number of nitrogens with one attached hydrogen (secondary N) is 1. The number of hydrogen-bond acceptors (Lipinski definition) is 9. The Bertz CT molecular complexity index is 1820. The molecule has 2 saturated carbocycles. The van der Waals surface area contributed by atoms with Crippen molar-refractivity contribution >= 4 is 46.6 Å². The van der Waals surface area contributed by atoms with Gasteiger partial charge in [-0.1, -0.05) is 49.4 Å². The molecular formula is C32H31N3O8S2. The molecule has 1 aromatic heterocycles. The number of carboxylic acids is 1. The van der Waals surface area contributed by atoms with Crippen LogP contribution in [0.25, 0.3) is 0 Å². The lowest BCUT2D eigenvalue weighted by Gasteiger charge is -2.43. The molecule has 2 bridgehead atoms. The number of aromatic amines is 1. The van der Waals surface area contributed by atoms with Crippen molar-refractivity contribution in [2.45, 2.75) is 56.0 Å². The van der Waals surface area contributed by atoms with Crippen LogP contribution in [0.3, 0.4) is 0 Å². The zero-order chi connectivity index (χ0) is 31.9. The largest absolute Gasteiger partial charge is 0.489 e. The highest BCUT2D eigenvalue weighted by Gasteiger charge is 2.70. The summed E-state index contributed by atoms with van der Waals surface area (Å²) in [7, 11) is 0. The second kappa shape index (κ2) is 10.8. The van der Waals surface area contributed by atoms with Gasteiger partial charge in [0.15, 0.2) is 0 Å². The smallest absolute Gasteiger partial charge is 0.327 e. The Balaban J connectivity index is 1.33. The third-order valence-corrected chi connectivity index (χ3v) is 12.7. The van der Waals surface area contributed by atoms with Crippen LogP contribution in [0.4, 0.5) is 5.69 Å². The maximum atomic E-state index is 14.0. The number of carbonyl (C=O) groups excluding carboxylic acids is 2. The average molecular weight is 650 g/mol. The van der Waals surface area contributed by atoms with Gasteiger partial charge in [0.25, 0.3) is 5.69 Å². The summed E-state index contributed by atoms with van der Waals surface area (Å²) in [5.74, 6) is -4.66. The number of nitrogens with zero attached hydrogens (tertiary/aromatic N) is 2. The number of nitro groups is 1. The van der Waals surface area contributed by atoms with E-state index in [2.05, 4.69) is 4.98 Å². The second-order valence-electron chi connectivity index (χ2n) is 12.7. The number of thioether (sulfide) groups is 1. The molecule has 2 aromatic carbocycles. The number of carboxylic acid groups (broad SMARTS) is 1. The minimum absolute atomic E-state index is 0.118. The van der Waals surface area contributed by atoms with Crippen LogP contribution in [0.15, 0.2) is 52.3 Å². The summed E-state index contributed by atoms with van der Waals surface area (Å²) in [6.45, 7) is 5.57. The summed E-state index contributed by atoms with van der Waals surface area (Å²) in [6, 6.07) is 11.0. The lowest BCUT2D eigenvalue weighted by Crippen LogP contribution is -2.49. The number of carbonyl (C=O) groups is 3. The molecule has 0 spiro atoms. The molecule has 3 aromatic rings. The van der Waals surface area contributed by atoms with Crippen LogP contribution in [0.2, 0.25) is 0 Å². The number of thiazole rings is 1. The first-order chi connectivity index (χ1) is 21.5. The topological polar surface area (TPSA) is 160 Å². The number of hydrogen-bond donors (Lipinski definition) is 2. The Labute approximate surface area is 266 Å². The Hall–Kier alpha value is -3.97. The maximum absolute atomic E-state index is 14.0. The van der Waals surface area contributed by atoms with E-state index in [4.69, 9.17) is 4.74 Å². The normalized spacial score (nSPS) is 28.6. The lowest BCUT2D eigenvalue weighted by molar-refractivity contribution is -0.385. The van der Waals surface area contributed by atoms with Crippen LogP contribution < -0.4 is 9.61 Å². The molecule has 4 aliphatic rings. The first kappa shape index (κ1) is 29.7. The zero-order valence-corrected chi connectivity index (χ0v) is 26.3. The Morgan fingerprint density at radius 3 is 2.51 bits per heavy atom. The van der Waals surface area contributed by atoms with E-state index in [1.807, 2.05) is 31.2 Å². The fraction of sp³-hybridized carbons (Fsp3) is 0.438. The number of amides is 2. The van der Waals surface area contributed by atoms with Crippen molar-refractivity contribution in [3.05, 3.63) is 83.8 Å². The van der Waals surface area contributed by atoms with Crippen molar-refractivity contribution in [1.29, 1.82) is 0 Å². The fourth-order valence-electron chi connectivity index (χ4n) is 8.31. The van der Waals surface area contributed by atoms with Gasteiger partial charge < -0.3 is 14.8 Å². The van der Waals surface area contributed by atoms with Crippen molar-refractivity contribution < 1.29 is 29.2 Å². The van der Waals surface area contributed by atoms with E-state index in [0.717, 1.165) is 32.2 Å². The summed E-state index contributed by atoms with van der Waals surface area (Å²) < 4.78 is 6.36. The van der Waals surface area contributed by atoms with Gasteiger partial charge in [-0.15, -0.1) is 11.8 Å². The van der Waals surface area contributed by atoms with Crippen molar-refractivity contribution in [2.24, 2.45) is 35.5 Å². The number of aromatic nitrogens is 1. The van der Waals surface area contributed by atoms with Crippen LogP contribution >= 0.6 is 23.1 Å². The maximum Gasteiger partial charge on any atom is 0.327 e. The number of aliphatic carboxylic acids is 1. The van der Waals surface area contributed by atoms with E-state index in [1.165, 1.54) is 23.9 Å². The minimum Gasteiger partial charge on any atom is -0.489 e. The molecule has 2 aliphatic carbocycles. The zero-order valence-electron chi connectivity index (χ0n) is 24.7. The van der Waals surface area contributed by atoms with Crippen molar-refractivity contribution in [1.82, 2.24) is 9.88 Å². The Kier molecular flexibility index (Phi) is 7.16. The molecule has 2 amide bonds. The minimum atomic E-state index is -1.25. The molecule has 45 heavy (non-hydrogen) atoms. The first-order valence-corrected chi connectivity index (χ1v) is 16.6. The molecule has 11 nitrogen and oxygen atoms in total. The summed E-state index contributed by atoms with van der Waals surface area (Å²) in [5.41, 5.74) is 2.44. The second-order valence-corrected chi connectivity index (χ2v) is 14.9. The van der Waals surface area contributed by atoms with Gasteiger partial charge in [-0.3, -0.25) is 29.4 Å². The van der Waals surface area contributed by atoms with Gasteiger partial charge in [0.05, 0.1) is 21.8 Å². The molecule has 2 aliphatic heterocycles. The van der Waals surface area contributed by atoms with Gasteiger partial charge in [-0.2, -0.15) is 0 Å². The average Bonchev–Trinajstić information content (AvgIpc) is 3.72. The molecule has 3 heterocycles. The highest BCUT2D eigenvalue weighted by Crippen LogP contribution is 2.69. The number of fused-ring (bicyclic) bond motifs is 9. The monoisotopic (exact) mass is 649 g/mol. The van der Waals surface area contributed by atoms with Gasteiger partial charge in [-0.25, -0.2) is 4.79 Å². The number of rotatable bonds is 8. The quantitative estimate of drug-likeness (QED) is 0.198. The van der Waals surface area contributed by atoms with E-state index in [-0.39, 0.29) is 40.2 Å². The number of nitro benzene ring substituents is 1. The van der Waals surface area contributed by atoms with Gasteiger partial charge in [0.2, 0.25) is 11.8 Å². The summed E-state index contributed by atoms with van der Waals surface area (Å²) in [6.07, 6.45) is 0.604. The van der Waals surface area contributed by atoms with Crippen LogP contribution in [0.5, 0.6) is 5.75 Å². The van der Waals surface area contributed by atoms with Gasteiger partial charge in [0.1, 0.15) is 18.4 Å². The SMILES string of the molecule is Cc1ccccc1COc1ccc([N+](=O)[O-])cc1[C@H]1c2sc(=O)[nH]c2SC2C3CC(C4C(=O)N(C(C(=O)O)C(C)C)C(=O)C34)C21. The van der Waals surface area contributed by atoms with E-state index in [0.29, 0.717) is 22.8 Å². The van der Waals surface area contributed by atoms with Gasteiger partial charge >= 0.3 is 10.8 Å². The number of imide groups is 1. The van der Waals surface area contributed by atoms with Crippen molar-refractivity contribution in [3.8, 4) is 5.75 Å². The fourth-order valence-corrected chi connectivity index (χ4v) is 11.2. The third-order valence-electron chi connectivity index (χ3n) is 10.1. The highest BCUT2D eigenvalue weighted by molar-refractivity contribution is 8.00.